The van der Waals surface area contributed by atoms with E-state index < -0.39 is 9.84 Å². The highest BCUT2D eigenvalue weighted by Crippen LogP contribution is 2.26. The van der Waals surface area contributed by atoms with Crippen LogP contribution in [-0.2, 0) is 16.4 Å². The molecule has 5 nitrogen and oxygen atoms in total. The molecule has 28 heavy (non-hydrogen) atoms. The van der Waals surface area contributed by atoms with Gasteiger partial charge in [-0.2, -0.15) is 0 Å². The summed E-state index contributed by atoms with van der Waals surface area (Å²) in [5, 5.41) is 9.84. The monoisotopic (exact) mass is 403 g/mol. The molecule has 0 bridgehead atoms. The molecular weight excluding hydrogens is 374 g/mol. The minimum absolute atomic E-state index is 0.0834. The van der Waals surface area contributed by atoms with Crippen LogP contribution in [0.5, 0.6) is 5.75 Å². The van der Waals surface area contributed by atoms with Crippen molar-refractivity contribution in [3.8, 4) is 5.75 Å². The van der Waals surface area contributed by atoms with Gasteiger partial charge in [-0.3, -0.25) is 4.90 Å². The second kappa shape index (κ2) is 9.54. The zero-order chi connectivity index (χ0) is 20.0. The number of ether oxygens (including phenoxy) is 1. The summed E-state index contributed by atoms with van der Waals surface area (Å²) in [6.45, 7) is 1.14. The van der Waals surface area contributed by atoms with Crippen LogP contribution < -0.4 is 4.74 Å². The minimum atomic E-state index is -3.33. The van der Waals surface area contributed by atoms with Crippen molar-refractivity contribution in [1.29, 1.82) is 0 Å². The first-order chi connectivity index (χ1) is 13.5. The standard InChI is InChI=1S/C22H29NO4S/c1-27-21-7-5-6-18(16-21)17-23(19-10-12-20(24)13-11-19)14-15-28(25,26)22-8-3-2-4-9-22/h2-9,16,19-20,24H,10-15,17H2,1H3. The lowest BCUT2D eigenvalue weighted by Crippen LogP contribution is -2.41. The molecule has 0 unspecified atom stereocenters. The largest absolute Gasteiger partial charge is 0.497 e. The van der Waals surface area contributed by atoms with Crippen LogP contribution in [0.2, 0.25) is 0 Å². The predicted octanol–water partition coefficient (Wildman–Crippen LogP) is 3.27. The fourth-order valence-corrected chi connectivity index (χ4v) is 5.08. The van der Waals surface area contributed by atoms with Crippen molar-refractivity contribution < 1.29 is 18.3 Å². The lowest BCUT2D eigenvalue weighted by molar-refractivity contribution is 0.0730. The zero-order valence-corrected chi connectivity index (χ0v) is 17.1. The molecule has 0 amide bonds. The number of hydrogen-bond donors (Lipinski definition) is 1. The molecule has 1 aliphatic rings. The van der Waals surface area contributed by atoms with Crippen LogP contribution >= 0.6 is 0 Å². The number of methoxy groups -OCH3 is 1. The summed E-state index contributed by atoms with van der Waals surface area (Å²) in [6, 6.07) is 16.8. The first-order valence-electron chi connectivity index (χ1n) is 9.81. The normalized spacial score (nSPS) is 20.2. The number of nitrogens with zero attached hydrogens (tertiary/aromatic N) is 1. The molecule has 2 aromatic carbocycles. The smallest absolute Gasteiger partial charge is 0.179 e. The van der Waals surface area contributed by atoms with Crippen molar-refractivity contribution in [3.63, 3.8) is 0 Å². The summed E-state index contributed by atoms with van der Waals surface area (Å²) in [6.07, 6.45) is 3.07. The van der Waals surface area contributed by atoms with Gasteiger partial charge in [0.1, 0.15) is 5.75 Å². The summed E-state index contributed by atoms with van der Waals surface area (Å²) in [7, 11) is -1.68. The molecule has 0 aliphatic heterocycles. The van der Waals surface area contributed by atoms with Crippen molar-refractivity contribution in [2.24, 2.45) is 0 Å². The Hall–Kier alpha value is -1.89. The summed E-state index contributed by atoms with van der Waals surface area (Å²) in [5.74, 6) is 0.883. The van der Waals surface area contributed by atoms with Crippen molar-refractivity contribution in [2.45, 2.75) is 49.3 Å². The summed E-state index contributed by atoms with van der Waals surface area (Å²) in [5.41, 5.74) is 1.10. The van der Waals surface area contributed by atoms with Crippen molar-refractivity contribution in [3.05, 3.63) is 60.2 Å². The van der Waals surface area contributed by atoms with Crippen LogP contribution in [0.15, 0.2) is 59.5 Å². The Balaban J connectivity index is 1.74. The van der Waals surface area contributed by atoms with Gasteiger partial charge in [-0.1, -0.05) is 30.3 Å². The van der Waals surface area contributed by atoms with E-state index in [1.165, 1.54) is 0 Å². The highest BCUT2D eigenvalue weighted by atomic mass is 32.2. The van der Waals surface area contributed by atoms with E-state index in [1.54, 1.807) is 31.4 Å². The first-order valence-corrected chi connectivity index (χ1v) is 11.5. The highest BCUT2D eigenvalue weighted by molar-refractivity contribution is 7.91. The predicted molar refractivity (Wildman–Crippen MR) is 110 cm³/mol. The molecule has 0 saturated heterocycles. The lowest BCUT2D eigenvalue weighted by atomic mass is 9.91. The quantitative estimate of drug-likeness (QED) is 0.733. The second-order valence-corrected chi connectivity index (χ2v) is 9.53. The fraction of sp³-hybridized carbons (Fsp3) is 0.455. The van der Waals surface area contributed by atoms with Gasteiger partial charge in [-0.15, -0.1) is 0 Å². The minimum Gasteiger partial charge on any atom is -0.497 e. The van der Waals surface area contributed by atoms with Gasteiger partial charge in [0.25, 0.3) is 0 Å². The third-order valence-electron chi connectivity index (χ3n) is 5.45. The van der Waals surface area contributed by atoms with E-state index in [0.717, 1.165) is 37.0 Å². The molecule has 0 radical (unpaired) electrons. The molecular formula is C22H29NO4S. The van der Waals surface area contributed by atoms with Crippen LogP contribution in [0, 0.1) is 0 Å². The van der Waals surface area contributed by atoms with Crippen LogP contribution in [0.4, 0.5) is 0 Å². The van der Waals surface area contributed by atoms with E-state index in [2.05, 4.69) is 4.90 Å². The third kappa shape index (κ3) is 5.56. The topological polar surface area (TPSA) is 66.8 Å². The van der Waals surface area contributed by atoms with Gasteiger partial charge in [0.15, 0.2) is 9.84 Å². The van der Waals surface area contributed by atoms with Gasteiger partial charge < -0.3 is 9.84 Å². The van der Waals surface area contributed by atoms with Gasteiger partial charge in [0, 0.05) is 19.1 Å². The Labute approximate surface area is 167 Å². The summed E-state index contributed by atoms with van der Waals surface area (Å²) in [4.78, 5) is 2.62. The Morgan fingerprint density at radius 2 is 1.75 bits per heavy atom. The maximum atomic E-state index is 12.7. The van der Waals surface area contributed by atoms with Crippen LogP contribution in [0.1, 0.15) is 31.2 Å². The SMILES string of the molecule is COc1cccc(CN(CCS(=O)(=O)c2ccccc2)C2CCC(O)CC2)c1. The Morgan fingerprint density at radius 3 is 2.43 bits per heavy atom. The van der Waals surface area contributed by atoms with Crippen molar-refractivity contribution in [1.82, 2.24) is 4.90 Å². The first kappa shape index (κ1) is 20.8. The van der Waals surface area contributed by atoms with Gasteiger partial charge >= 0.3 is 0 Å². The molecule has 1 fully saturated rings. The lowest BCUT2D eigenvalue weighted by Gasteiger charge is -2.36. The van der Waals surface area contributed by atoms with Crippen LogP contribution in [-0.4, -0.2) is 50.0 Å². The van der Waals surface area contributed by atoms with Gasteiger partial charge in [-0.05, 0) is 55.5 Å². The average Bonchev–Trinajstić information content (AvgIpc) is 2.72. The number of benzene rings is 2. The fourth-order valence-electron chi connectivity index (χ4n) is 3.80. The van der Waals surface area contributed by atoms with Gasteiger partial charge in [-0.25, -0.2) is 8.42 Å². The molecule has 3 rings (SSSR count). The number of sulfone groups is 1. The summed E-state index contributed by atoms with van der Waals surface area (Å²) >= 11 is 0. The van der Waals surface area contributed by atoms with E-state index in [1.807, 2.05) is 30.3 Å². The van der Waals surface area contributed by atoms with Gasteiger partial charge in [0.05, 0.1) is 23.9 Å². The van der Waals surface area contributed by atoms with E-state index in [9.17, 15) is 13.5 Å². The van der Waals surface area contributed by atoms with Crippen molar-refractivity contribution >= 4 is 9.84 Å². The molecule has 0 aromatic heterocycles. The Morgan fingerprint density at radius 1 is 1.04 bits per heavy atom. The summed E-state index contributed by atoms with van der Waals surface area (Å²) < 4.78 is 30.8. The van der Waals surface area contributed by atoms with E-state index in [-0.39, 0.29) is 17.9 Å². The molecule has 6 heteroatoms. The molecule has 0 heterocycles. The van der Waals surface area contributed by atoms with Crippen LogP contribution in [0.25, 0.3) is 0 Å². The maximum absolute atomic E-state index is 12.7. The Kier molecular flexibility index (Phi) is 7.10. The highest BCUT2D eigenvalue weighted by Gasteiger charge is 2.26. The molecule has 1 aliphatic carbocycles. The number of hydrogen-bond acceptors (Lipinski definition) is 5. The van der Waals surface area contributed by atoms with Crippen LogP contribution in [0.3, 0.4) is 0 Å². The molecule has 1 saturated carbocycles. The molecule has 0 atom stereocenters. The number of aliphatic hydroxyl groups is 1. The average molecular weight is 404 g/mol. The molecule has 1 N–H and O–H groups in total. The van der Waals surface area contributed by atoms with Gasteiger partial charge in [0.2, 0.25) is 0 Å². The van der Waals surface area contributed by atoms with E-state index >= 15 is 0 Å². The molecule has 152 valence electrons. The van der Waals surface area contributed by atoms with E-state index in [4.69, 9.17) is 4.74 Å². The van der Waals surface area contributed by atoms with E-state index in [0.29, 0.717) is 18.0 Å². The third-order valence-corrected chi connectivity index (χ3v) is 7.16. The number of aliphatic hydroxyl groups excluding tert-OH is 1. The molecule has 2 aromatic rings. The zero-order valence-electron chi connectivity index (χ0n) is 16.3. The number of rotatable bonds is 8. The second-order valence-electron chi connectivity index (χ2n) is 7.42. The maximum Gasteiger partial charge on any atom is 0.179 e. The van der Waals surface area contributed by atoms with Crippen molar-refractivity contribution in [2.75, 3.05) is 19.4 Å². The molecule has 0 spiro atoms. The Bertz CT molecular complexity index is 846.